The molecule has 8 heteroatoms. The molecular weight excluding hydrogens is 462 g/mol. The molecule has 3 atom stereocenters. The van der Waals surface area contributed by atoms with Crippen molar-refractivity contribution in [3.63, 3.8) is 0 Å². The summed E-state index contributed by atoms with van der Waals surface area (Å²) in [5.41, 5.74) is 0.879. The van der Waals surface area contributed by atoms with Crippen LogP contribution in [0.4, 0.5) is 0 Å². The third-order valence-corrected chi connectivity index (χ3v) is 6.40. The van der Waals surface area contributed by atoms with E-state index in [1.165, 1.54) is 9.80 Å². The number of fused-ring (bicyclic) bond motifs is 1. The molecule has 3 rings (SSSR count). The Morgan fingerprint density at radius 2 is 1.84 bits per heavy atom. The van der Waals surface area contributed by atoms with Crippen LogP contribution in [0.15, 0.2) is 40.9 Å². The summed E-state index contributed by atoms with van der Waals surface area (Å²) in [5.74, 6) is -1.51. The fourth-order valence-electron chi connectivity index (χ4n) is 4.18. The molecule has 1 saturated heterocycles. The number of hydrogen-bond acceptors (Lipinski definition) is 4. The molecule has 2 aliphatic rings. The van der Waals surface area contributed by atoms with E-state index >= 15 is 0 Å². The zero-order chi connectivity index (χ0) is 22.5. The molecule has 166 valence electrons. The molecule has 0 spiro atoms. The summed E-state index contributed by atoms with van der Waals surface area (Å²) >= 11 is 3.43. The lowest BCUT2D eigenvalue weighted by Gasteiger charge is -2.29. The molecule has 1 heterocycles. The first-order valence-corrected chi connectivity index (χ1v) is 11.4. The topological polar surface area (TPSA) is 86.8 Å². The first-order chi connectivity index (χ1) is 14.8. The number of hydrogen-bond donors (Lipinski definition) is 1. The summed E-state index contributed by atoms with van der Waals surface area (Å²) in [6.45, 7) is 4.28. The van der Waals surface area contributed by atoms with Gasteiger partial charge in [-0.05, 0) is 44.4 Å². The minimum absolute atomic E-state index is 0.0118. The second kappa shape index (κ2) is 10.2. The molecule has 0 unspecified atom stereocenters. The number of imide groups is 1. The largest absolute Gasteiger partial charge is 0.355 e. The van der Waals surface area contributed by atoms with Gasteiger partial charge in [0.05, 0.1) is 11.8 Å². The molecule has 1 aromatic rings. The smallest absolute Gasteiger partial charge is 0.242 e. The van der Waals surface area contributed by atoms with Crippen molar-refractivity contribution in [3.05, 3.63) is 46.5 Å². The van der Waals surface area contributed by atoms with Gasteiger partial charge in [0.15, 0.2) is 0 Å². The number of carbonyl (C=O) groups excluding carboxylic acids is 4. The lowest BCUT2D eigenvalue weighted by Crippen LogP contribution is -2.48. The Balaban J connectivity index is 1.71. The standard InChI is InChI=1S/C23H28BrN3O4/c1-3-25-21(29)15(2)27(14-16-7-6-8-17(24)13-16)20(28)11-12-26-22(30)18-9-4-5-10-19(18)23(26)31/h4-8,13,15,18-19H,3,9-12,14H2,1-2H3,(H,25,29)/t15-,18-,19+/m0/s1. The van der Waals surface area contributed by atoms with Crippen LogP contribution in [0.1, 0.15) is 38.7 Å². The molecule has 1 aromatic carbocycles. The number of benzene rings is 1. The lowest BCUT2D eigenvalue weighted by molar-refractivity contribution is -0.143. The molecule has 0 saturated carbocycles. The van der Waals surface area contributed by atoms with Crippen molar-refractivity contribution in [2.75, 3.05) is 13.1 Å². The Bertz CT molecular complexity index is 875. The maximum atomic E-state index is 13.1. The van der Waals surface area contributed by atoms with Crippen molar-refractivity contribution in [3.8, 4) is 0 Å². The van der Waals surface area contributed by atoms with Gasteiger partial charge in [0.25, 0.3) is 0 Å². The van der Waals surface area contributed by atoms with Gasteiger partial charge in [0, 0.05) is 30.5 Å². The second-order valence-corrected chi connectivity index (χ2v) is 8.87. The molecule has 31 heavy (non-hydrogen) atoms. The van der Waals surface area contributed by atoms with Crippen LogP contribution in [0.25, 0.3) is 0 Å². The number of likely N-dealkylation sites (N-methyl/N-ethyl adjacent to an activating group) is 1. The van der Waals surface area contributed by atoms with E-state index < -0.39 is 6.04 Å². The number of halogens is 1. The molecule has 1 aliphatic heterocycles. The molecular formula is C23H28BrN3O4. The molecule has 0 bridgehead atoms. The highest BCUT2D eigenvalue weighted by atomic mass is 79.9. The Labute approximate surface area is 191 Å². The van der Waals surface area contributed by atoms with Crippen molar-refractivity contribution in [1.29, 1.82) is 0 Å². The van der Waals surface area contributed by atoms with Crippen LogP contribution < -0.4 is 5.32 Å². The minimum Gasteiger partial charge on any atom is -0.355 e. The Kier molecular flexibility index (Phi) is 7.64. The molecule has 4 amide bonds. The van der Waals surface area contributed by atoms with Crippen LogP contribution in [0.3, 0.4) is 0 Å². The Hall–Kier alpha value is -2.48. The van der Waals surface area contributed by atoms with E-state index in [-0.39, 0.29) is 55.0 Å². The maximum absolute atomic E-state index is 13.1. The average Bonchev–Trinajstić information content (AvgIpc) is 3.00. The van der Waals surface area contributed by atoms with Crippen LogP contribution in [0.5, 0.6) is 0 Å². The van der Waals surface area contributed by atoms with E-state index in [1.807, 2.05) is 43.3 Å². The predicted molar refractivity (Wildman–Crippen MR) is 120 cm³/mol. The summed E-state index contributed by atoms with van der Waals surface area (Å²) in [6, 6.07) is 6.87. The van der Waals surface area contributed by atoms with E-state index in [2.05, 4.69) is 21.2 Å². The van der Waals surface area contributed by atoms with Crippen molar-refractivity contribution in [2.24, 2.45) is 11.8 Å². The molecule has 0 radical (unpaired) electrons. The number of rotatable bonds is 8. The summed E-state index contributed by atoms with van der Waals surface area (Å²) in [4.78, 5) is 53.6. The van der Waals surface area contributed by atoms with Gasteiger partial charge in [-0.25, -0.2) is 0 Å². The zero-order valence-electron chi connectivity index (χ0n) is 17.8. The average molecular weight is 490 g/mol. The normalized spacial score (nSPS) is 21.1. The molecule has 0 aromatic heterocycles. The molecule has 7 nitrogen and oxygen atoms in total. The summed E-state index contributed by atoms with van der Waals surface area (Å²) in [5, 5.41) is 2.76. The SMILES string of the molecule is CCNC(=O)[C@H](C)N(Cc1cccc(Br)c1)C(=O)CCN1C(=O)[C@H]2CC=CC[C@H]2C1=O. The first kappa shape index (κ1) is 23.2. The zero-order valence-corrected chi connectivity index (χ0v) is 19.4. The van der Waals surface area contributed by atoms with E-state index in [4.69, 9.17) is 0 Å². The highest BCUT2D eigenvalue weighted by molar-refractivity contribution is 9.10. The van der Waals surface area contributed by atoms with Gasteiger partial charge < -0.3 is 10.2 Å². The maximum Gasteiger partial charge on any atom is 0.242 e. The van der Waals surface area contributed by atoms with Crippen LogP contribution in [-0.2, 0) is 25.7 Å². The minimum atomic E-state index is -0.678. The monoisotopic (exact) mass is 489 g/mol. The van der Waals surface area contributed by atoms with Gasteiger partial charge in [0.1, 0.15) is 6.04 Å². The Morgan fingerprint density at radius 1 is 1.19 bits per heavy atom. The van der Waals surface area contributed by atoms with Gasteiger partial charge in [0.2, 0.25) is 23.6 Å². The van der Waals surface area contributed by atoms with Crippen LogP contribution in [0, 0.1) is 11.8 Å². The fraction of sp³-hybridized carbons (Fsp3) is 0.478. The lowest BCUT2D eigenvalue weighted by atomic mass is 9.85. The van der Waals surface area contributed by atoms with E-state index in [9.17, 15) is 19.2 Å². The number of likely N-dealkylation sites (tertiary alicyclic amines) is 1. The third kappa shape index (κ3) is 5.23. The Morgan fingerprint density at radius 3 is 2.42 bits per heavy atom. The van der Waals surface area contributed by atoms with Crippen LogP contribution in [0.2, 0.25) is 0 Å². The van der Waals surface area contributed by atoms with E-state index in [0.717, 1.165) is 10.0 Å². The molecule has 1 N–H and O–H groups in total. The molecule has 1 aliphatic carbocycles. The third-order valence-electron chi connectivity index (χ3n) is 5.91. The van der Waals surface area contributed by atoms with E-state index in [1.54, 1.807) is 6.92 Å². The second-order valence-electron chi connectivity index (χ2n) is 7.96. The van der Waals surface area contributed by atoms with Gasteiger partial charge >= 0.3 is 0 Å². The van der Waals surface area contributed by atoms with Crippen LogP contribution >= 0.6 is 15.9 Å². The first-order valence-electron chi connectivity index (χ1n) is 10.6. The van der Waals surface area contributed by atoms with Gasteiger partial charge in [-0.3, -0.25) is 24.1 Å². The summed E-state index contributed by atoms with van der Waals surface area (Å²) in [6.07, 6.45) is 5.01. The molecule has 1 fully saturated rings. The number of allylic oxidation sites excluding steroid dienone is 2. The highest BCUT2D eigenvalue weighted by Crippen LogP contribution is 2.35. The van der Waals surface area contributed by atoms with Gasteiger partial charge in [-0.2, -0.15) is 0 Å². The van der Waals surface area contributed by atoms with Gasteiger partial charge in [-0.1, -0.05) is 40.2 Å². The summed E-state index contributed by atoms with van der Waals surface area (Å²) < 4.78 is 0.882. The highest BCUT2D eigenvalue weighted by Gasteiger charge is 2.47. The van der Waals surface area contributed by atoms with Crippen LogP contribution in [-0.4, -0.2) is 52.6 Å². The number of amides is 4. The number of carbonyl (C=O) groups is 4. The van der Waals surface area contributed by atoms with Crippen molar-refractivity contribution in [1.82, 2.24) is 15.1 Å². The number of nitrogens with one attached hydrogen (secondary N) is 1. The quantitative estimate of drug-likeness (QED) is 0.449. The van der Waals surface area contributed by atoms with Crippen molar-refractivity contribution >= 4 is 39.6 Å². The fourth-order valence-corrected chi connectivity index (χ4v) is 4.62. The van der Waals surface area contributed by atoms with E-state index in [0.29, 0.717) is 19.4 Å². The predicted octanol–water partition coefficient (Wildman–Crippen LogP) is 2.64. The number of nitrogens with zero attached hydrogens (tertiary/aromatic N) is 2. The summed E-state index contributed by atoms with van der Waals surface area (Å²) in [7, 11) is 0. The van der Waals surface area contributed by atoms with Gasteiger partial charge in [-0.15, -0.1) is 0 Å². The van der Waals surface area contributed by atoms with Crippen molar-refractivity contribution in [2.45, 2.75) is 45.7 Å². The van der Waals surface area contributed by atoms with Crippen molar-refractivity contribution < 1.29 is 19.2 Å².